The second-order valence-electron chi connectivity index (χ2n) is 8.17. The molecule has 2 fully saturated rings. The fourth-order valence-corrected chi connectivity index (χ4v) is 4.45. The Morgan fingerprint density at radius 3 is 2.38 bits per heavy atom. The normalized spacial score (nSPS) is 25.9. The molecule has 158 valence electrons. The molecule has 2 aromatic rings. The number of nitrogens with one attached hydrogen (secondary N) is 1. The molecule has 0 radical (unpaired) electrons. The molecule has 0 bridgehead atoms. The second-order valence-corrected chi connectivity index (χ2v) is 8.17. The lowest BCUT2D eigenvalue weighted by Gasteiger charge is -2.39. The van der Waals surface area contributed by atoms with Crippen molar-refractivity contribution in [3.63, 3.8) is 0 Å². The molecule has 0 amide bonds. The van der Waals surface area contributed by atoms with Crippen LogP contribution in [0.5, 0.6) is 0 Å². The van der Waals surface area contributed by atoms with E-state index < -0.39 is 11.9 Å². The first-order valence-corrected chi connectivity index (χ1v) is 10.4. The summed E-state index contributed by atoms with van der Waals surface area (Å²) in [6, 6.07) is 9.60. The van der Waals surface area contributed by atoms with Gasteiger partial charge in [-0.25, -0.2) is 4.68 Å². The largest absolute Gasteiger partial charge is 0.435 e. The predicted octanol–water partition coefficient (Wildman–Crippen LogP) is 3.72. The Morgan fingerprint density at radius 1 is 0.966 bits per heavy atom. The first-order chi connectivity index (χ1) is 13.9. The highest BCUT2D eigenvalue weighted by molar-refractivity contribution is 5.51. The molecule has 2 aliphatic rings. The summed E-state index contributed by atoms with van der Waals surface area (Å²) in [7, 11) is 0. The molecule has 1 aromatic heterocycles. The Labute approximate surface area is 169 Å². The van der Waals surface area contributed by atoms with Crippen molar-refractivity contribution in [2.45, 2.75) is 62.8 Å². The summed E-state index contributed by atoms with van der Waals surface area (Å²) in [5, 5.41) is 7.41. The van der Waals surface area contributed by atoms with Gasteiger partial charge >= 0.3 is 6.18 Å². The van der Waals surface area contributed by atoms with E-state index >= 15 is 0 Å². The minimum atomic E-state index is -4.43. The van der Waals surface area contributed by atoms with Crippen molar-refractivity contribution in [1.82, 2.24) is 15.1 Å². The van der Waals surface area contributed by atoms with Gasteiger partial charge in [-0.15, -0.1) is 0 Å². The second kappa shape index (κ2) is 8.36. The maximum atomic E-state index is 12.8. The van der Waals surface area contributed by atoms with Gasteiger partial charge in [0.15, 0.2) is 5.69 Å². The lowest BCUT2D eigenvalue weighted by atomic mass is 9.89. The number of piperidine rings is 1. The van der Waals surface area contributed by atoms with Gasteiger partial charge < -0.3 is 16.0 Å². The van der Waals surface area contributed by atoms with E-state index in [9.17, 15) is 13.2 Å². The minimum Gasteiger partial charge on any atom is -0.370 e. The molecule has 3 atom stereocenters. The number of benzene rings is 1. The molecule has 29 heavy (non-hydrogen) atoms. The van der Waals surface area contributed by atoms with Crippen LogP contribution in [0, 0.1) is 0 Å². The van der Waals surface area contributed by atoms with E-state index in [0.29, 0.717) is 17.8 Å². The molecule has 1 aliphatic heterocycles. The molecular weight excluding hydrogens is 379 g/mol. The van der Waals surface area contributed by atoms with Crippen LogP contribution in [0.25, 0.3) is 5.69 Å². The van der Waals surface area contributed by atoms with Crippen molar-refractivity contribution >= 4 is 5.69 Å². The molecule has 4 rings (SSSR count). The number of aromatic nitrogens is 2. The van der Waals surface area contributed by atoms with Crippen LogP contribution in [0.1, 0.15) is 44.2 Å². The van der Waals surface area contributed by atoms with Gasteiger partial charge in [0.25, 0.3) is 0 Å². The number of anilines is 1. The molecule has 2 unspecified atom stereocenters. The van der Waals surface area contributed by atoms with E-state index in [1.54, 1.807) is 0 Å². The van der Waals surface area contributed by atoms with Crippen molar-refractivity contribution in [2.75, 3.05) is 18.0 Å². The number of rotatable bonds is 4. The Bertz CT molecular complexity index is 801. The molecule has 1 saturated carbocycles. The molecule has 1 saturated heterocycles. The summed E-state index contributed by atoms with van der Waals surface area (Å²) in [6.45, 7) is 1.90. The molecule has 8 heteroatoms. The van der Waals surface area contributed by atoms with Gasteiger partial charge in [-0.1, -0.05) is 12.8 Å². The van der Waals surface area contributed by atoms with Gasteiger partial charge in [0, 0.05) is 43.1 Å². The number of alkyl halides is 3. The Morgan fingerprint density at radius 2 is 1.69 bits per heavy atom. The zero-order valence-electron chi connectivity index (χ0n) is 16.4. The summed E-state index contributed by atoms with van der Waals surface area (Å²) in [6.07, 6.45) is 3.87. The quantitative estimate of drug-likeness (QED) is 0.811. The highest BCUT2D eigenvalue weighted by atomic mass is 19.4. The minimum absolute atomic E-state index is 0.245. The maximum absolute atomic E-state index is 12.8. The topological polar surface area (TPSA) is 59.1 Å². The lowest BCUT2D eigenvalue weighted by molar-refractivity contribution is -0.141. The van der Waals surface area contributed by atoms with Crippen LogP contribution in [0.3, 0.4) is 0 Å². The summed E-state index contributed by atoms with van der Waals surface area (Å²) >= 11 is 0. The Kier molecular flexibility index (Phi) is 5.83. The van der Waals surface area contributed by atoms with Gasteiger partial charge in [-0.2, -0.15) is 18.3 Å². The molecule has 3 N–H and O–H groups in total. The van der Waals surface area contributed by atoms with Gasteiger partial charge in [-0.05, 0) is 56.0 Å². The van der Waals surface area contributed by atoms with Crippen molar-refractivity contribution in [1.29, 1.82) is 0 Å². The molecule has 2 heterocycles. The van der Waals surface area contributed by atoms with E-state index in [1.807, 2.05) is 24.3 Å². The van der Waals surface area contributed by atoms with Crippen LogP contribution in [0.15, 0.2) is 36.5 Å². The summed E-state index contributed by atoms with van der Waals surface area (Å²) in [5.41, 5.74) is 7.10. The van der Waals surface area contributed by atoms with E-state index in [0.717, 1.165) is 50.5 Å². The Hall–Kier alpha value is -2.06. The summed E-state index contributed by atoms with van der Waals surface area (Å²) < 4.78 is 39.5. The maximum Gasteiger partial charge on any atom is 0.435 e. The SMILES string of the molecule is NC1CCCCC1N[C@H]1CCCN(c2ccc(-n3ccc(C(F)(F)F)n3)cc2)C1. The average molecular weight is 407 g/mol. The van der Waals surface area contributed by atoms with Crippen molar-refractivity contribution < 1.29 is 13.2 Å². The zero-order valence-corrected chi connectivity index (χ0v) is 16.4. The predicted molar refractivity (Wildman–Crippen MR) is 107 cm³/mol. The third-order valence-corrected chi connectivity index (χ3v) is 6.05. The smallest absolute Gasteiger partial charge is 0.370 e. The van der Waals surface area contributed by atoms with Gasteiger partial charge in [-0.3, -0.25) is 0 Å². The van der Waals surface area contributed by atoms with Crippen LogP contribution in [0.2, 0.25) is 0 Å². The molecule has 1 aromatic carbocycles. The third-order valence-electron chi connectivity index (χ3n) is 6.05. The summed E-state index contributed by atoms with van der Waals surface area (Å²) in [4.78, 5) is 2.34. The molecule has 1 aliphatic carbocycles. The first kappa shape index (κ1) is 20.2. The van der Waals surface area contributed by atoms with Crippen LogP contribution < -0.4 is 16.0 Å². The first-order valence-electron chi connectivity index (χ1n) is 10.4. The number of halogens is 3. The van der Waals surface area contributed by atoms with Crippen molar-refractivity contribution in [3.8, 4) is 5.69 Å². The highest BCUT2D eigenvalue weighted by Gasteiger charge is 2.33. The van der Waals surface area contributed by atoms with E-state index in [4.69, 9.17) is 5.73 Å². The average Bonchev–Trinajstić information content (AvgIpc) is 3.21. The fourth-order valence-electron chi connectivity index (χ4n) is 4.45. The van der Waals surface area contributed by atoms with Crippen molar-refractivity contribution in [2.24, 2.45) is 5.73 Å². The standard InChI is InChI=1S/C21H28F3N5/c22-21(23,24)20-11-13-29(27-20)17-9-7-16(8-10-17)28-12-3-4-15(14-28)26-19-6-2-1-5-18(19)25/h7-11,13,15,18-19,26H,1-6,12,14,25H2/t15-,18?,19?/m0/s1. The monoisotopic (exact) mass is 407 g/mol. The van der Waals surface area contributed by atoms with Gasteiger partial charge in [0.05, 0.1) is 5.69 Å². The number of nitrogens with two attached hydrogens (primary N) is 1. The molecule has 0 spiro atoms. The number of hydrogen-bond acceptors (Lipinski definition) is 4. The third kappa shape index (κ3) is 4.75. The van der Waals surface area contributed by atoms with E-state index in [2.05, 4.69) is 15.3 Å². The molecular formula is C21H28F3N5. The van der Waals surface area contributed by atoms with Crippen LogP contribution in [-0.2, 0) is 6.18 Å². The zero-order chi connectivity index (χ0) is 20.4. The van der Waals surface area contributed by atoms with Gasteiger partial charge in [0.2, 0.25) is 0 Å². The fraction of sp³-hybridized carbons (Fsp3) is 0.571. The number of nitrogens with zero attached hydrogens (tertiary/aromatic N) is 3. The van der Waals surface area contributed by atoms with E-state index in [-0.39, 0.29) is 6.04 Å². The highest BCUT2D eigenvalue weighted by Crippen LogP contribution is 2.28. The number of hydrogen-bond donors (Lipinski definition) is 2. The van der Waals surface area contributed by atoms with Crippen LogP contribution in [-0.4, -0.2) is 41.0 Å². The summed E-state index contributed by atoms with van der Waals surface area (Å²) in [5.74, 6) is 0. The Balaban J connectivity index is 1.40. The van der Waals surface area contributed by atoms with E-state index in [1.165, 1.54) is 23.7 Å². The molecule has 5 nitrogen and oxygen atoms in total. The van der Waals surface area contributed by atoms with Crippen LogP contribution in [0.4, 0.5) is 18.9 Å². The van der Waals surface area contributed by atoms with Crippen molar-refractivity contribution in [3.05, 3.63) is 42.2 Å². The van der Waals surface area contributed by atoms with Crippen LogP contribution >= 0.6 is 0 Å². The lowest BCUT2D eigenvalue weighted by Crippen LogP contribution is -2.55. The van der Waals surface area contributed by atoms with Gasteiger partial charge in [0.1, 0.15) is 0 Å².